The number of hydrogen-bond donors (Lipinski definition) is 1. The molecule has 20 heavy (non-hydrogen) atoms. The summed E-state index contributed by atoms with van der Waals surface area (Å²) < 4.78 is 4.92. The number of esters is 1. The maximum atomic E-state index is 12.0. The minimum atomic E-state index is -0.693. The number of nitrogens with zero attached hydrogens (tertiary/aromatic N) is 2. The van der Waals surface area contributed by atoms with Gasteiger partial charge < -0.3 is 4.74 Å². The SMILES string of the molecule is COC(=O)C(C)(CSc1nc(C)cc(C)n1)NC1CC1. The highest BCUT2D eigenvalue weighted by molar-refractivity contribution is 7.99. The van der Waals surface area contributed by atoms with Crippen molar-refractivity contribution in [3.63, 3.8) is 0 Å². The van der Waals surface area contributed by atoms with Gasteiger partial charge in [-0.3, -0.25) is 10.1 Å². The van der Waals surface area contributed by atoms with Gasteiger partial charge in [0.05, 0.1) is 7.11 Å². The van der Waals surface area contributed by atoms with Gasteiger partial charge in [0, 0.05) is 23.2 Å². The average molecular weight is 295 g/mol. The first kappa shape index (κ1) is 15.3. The Morgan fingerprint density at radius 3 is 2.55 bits per heavy atom. The van der Waals surface area contributed by atoms with Gasteiger partial charge in [0.2, 0.25) is 0 Å². The quantitative estimate of drug-likeness (QED) is 0.491. The Balaban J connectivity index is 2.05. The molecular weight excluding hydrogens is 274 g/mol. The lowest BCUT2D eigenvalue weighted by Crippen LogP contribution is -2.53. The van der Waals surface area contributed by atoms with Crippen LogP contribution in [0.1, 0.15) is 31.2 Å². The molecule has 1 fully saturated rings. The Morgan fingerprint density at radius 1 is 1.45 bits per heavy atom. The number of carbonyl (C=O) groups is 1. The summed E-state index contributed by atoms with van der Waals surface area (Å²) in [7, 11) is 1.42. The van der Waals surface area contributed by atoms with Gasteiger partial charge in [-0.05, 0) is 39.7 Å². The number of rotatable bonds is 6. The van der Waals surface area contributed by atoms with Gasteiger partial charge in [0.25, 0.3) is 0 Å². The fraction of sp³-hybridized carbons (Fsp3) is 0.643. The molecule has 0 radical (unpaired) electrons. The highest BCUT2D eigenvalue weighted by atomic mass is 32.2. The van der Waals surface area contributed by atoms with Crippen LogP contribution in [0.2, 0.25) is 0 Å². The van der Waals surface area contributed by atoms with Crippen LogP contribution in [0.3, 0.4) is 0 Å². The van der Waals surface area contributed by atoms with Crippen LogP contribution in [-0.4, -0.2) is 40.4 Å². The molecular formula is C14H21N3O2S. The number of thioether (sulfide) groups is 1. The summed E-state index contributed by atoms with van der Waals surface area (Å²) in [5.74, 6) is 0.320. The van der Waals surface area contributed by atoms with Crippen molar-refractivity contribution >= 4 is 17.7 Å². The fourth-order valence-corrected chi connectivity index (χ4v) is 3.07. The van der Waals surface area contributed by atoms with Crippen LogP contribution in [0.4, 0.5) is 0 Å². The predicted octanol–water partition coefficient (Wildman–Crippen LogP) is 1.87. The van der Waals surface area contributed by atoms with E-state index in [-0.39, 0.29) is 5.97 Å². The molecule has 0 saturated heterocycles. The van der Waals surface area contributed by atoms with Gasteiger partial charge in [-0.2, -0.15) is 0 Å². The van der Waals surface area contributed by atoms with Crippen molar-refractivity contribution in [3.8, 4) is 0 Å². The summed E-state index contributed by atoms with van der Waals surface area (Å²) in [6, 6.07) is 2.37. The molecule has 6 heteroatoms. The minimum Gasteiger partial charge on any atom is -0.468 e. The van der Waals surface area contributed by atoms with E-state index in [1.54, 1.807) is 0 Å². The summed E-state index contributed by atoms with van der Waals surface area (Å²) in [6.45, 7) is 5.77. The molecule has 110 valence electrons. The molecule has 1 aliphatic carbocycles. The molecule has 0 bridgehead atoms. The van der Waals surface area contributed by atoms with E-state index in [2.05, 4.69) is 15.3 Å². The van der Waals surface area contributed by atoms with Gasteiger partial charge in [-0.25, -0.2) is 9.97 Å². The smallest absolute Gasteiger partial charge is 0.326 e. The van der Waals surface area contributed by atoms with E-state index in [9.17, 15) is 4.79 Å². The van der Waals surface area contributed by atoms with Crippen LogP contribution in [-0.2, 0) is 9.53 Å². The first-order valence-corrected chi connectivity index (χ1v) is 7.73. The maximum Gasteiger partial charge on any atom is 0.326 e. The average Bonchev–Trinajstić information content (AvgIpc) is 3.18. The summed E-state index contributed by atoms with van der Waals surface area (Å²) in [4.78, 5) is 20.8. The summed E-state index contributed by atoms with van der Waals surface area (Å²) >= 11 is 1.48. The van der Waals surface area contributed by atoms with Gasteiger partial charge >= 0.3 is 5.97 Å². The zero-order valence-electron chi connectivity index (χ0n) is 12.4. The van der Waals surface area contributed by atoms with Crippen LogP contribution in [0.15, 0.2) is 11.2 Å². The van der Waals surface area contributed by atoms with Gasteiger partial charge in [-0.1, -0.05) is 11.8 Å². The molecule has 0 aromatic carbocycles. The summed E-state index contributed by atoms with van der Waals surface area (Å²) in [6.07, 6.45) is 2.24. The minimum absolute atomic E-state index is 0.235. The molecule has 1 aromatic rings. The summed E-state index contributed by atoms with van der Waals surface area (Å²) in [5.41, 5.74) is 1.19. The zero-order valence-corrected chi connectivity index (χ0v) is 13.2. The number of methoxy groups -OCH3 is 1. The Bertz CT molecular complexity index is 485. The van der Waals surface area contributed by atoms with Crippen molar-refractivity contribution in [2.75, 3.05) is 12.9 Å². The number of hydrogen-bond acceptors (Lipinski definition) is 6. The van der Waals surface area contributed by atoms with Crippen LogP contribution < -0.4 is 5.32 Å². The highest BCUT2D eigenvalue weighted by Crippen LogP contribution is 2.27. The van der Waals surface area contributed by atoms with Crippen molar-refractivity contribution in [1.29, 1.82) is 0 Å². The lowest BCUT2D eigenvalue weighted by molar-refractivity contribution is -0.147. The van der Waals surface area contributed by atoms with E-state index < -0.39 is 5.54 Å². The Morgan fingerprint density at radius 2 is 2.05 bits per heavy atom. The lowest BCUT2D eigenvalue weighted by Gasteiger charge is -2.27. The highest BCUT2D eigenvalue weighted by Gasteiger charge is 2.39. The molecule has 1 unspecified atom stereocenters. The van der Waals surface area contributed by atoms with Crippen LogP contribution in [0.25, 0.3) is 0 Å². The molecule has 0 spiro atoms. The van der Waals surface area contributed by atoms with Crippen LogP contribution in [0, 0.1) is 13.8 Å². The number of ether oxygens (including phenoxy) is 1. The zero-order chi connectivity index (χ0) is 14.8. The van der Waals surface area contributed by atoms with Gasteiger partial charge in [0.15, 0.2) is 5.16 Å². The summed E-state index contributed by atoms with van der Waals surface area (Å²) in [5, 5.41) is 4.07. The molecule has 2 rings (SSSR count). The lowest BCUT2D eigenvalue weighted by atomic mass is 10.1. The second kappa shape index (κ2) is 6.10. The fourth-order valence-electron chi connectivity index (χ4n) is 2.03. The number of aryl methyl sites for hydroxylation is 2. The van der Waals surface area contributed by atoms with E-state index in [1.807, 2.05) is 26.8 Å². The molecule has 0 amide bonds. The van der Waals surface area contributed by atoms with E-state index >= 15 is 0 Å². The third-order valence-electron chi connectivity index (χ3n) is 3.19. The van der Waals surface area contributed by atoms with E-state index in [0.29, 0.717) is 17.0 Å². The monoisotopic (exact) mass is 295 g/mol. The van der Waals surface area contributed by atoms with Crippen LogP contribution >= 0.6 is 11.8 Å². The molecule has 0 aliphatic heterocycles. The third-order valence-corrected chi connectivity index (χ3v) is 4.35. The standard InChI is InChI=1S/C14H21N3O2S/c1-9-7-10(2)16-13(15-9)20-8-14(3,12(18)19-4)17-11-5-6-11/h7,11,17H,5-6,8H2,1-4H3. The predicted molar refractivity (Wildman–Crippen MR) is 78.8 cm³/mol. The van der Waals surface area contributed by atoms with E-state index in [1.165, 1.54) is 18.9 Å². The largest absolute Gasteiger partial charge is 0.468 e. The van der Waals surface area contributed by atoms with E-state index in [0.717, 1.165) is 24.2 Å². The number of carbonyl (C=O) groups excluding carboxylic acids is 1. The topological polar surface area (TPSA) is 64.1 Å². The first-order chi connectivity index (χ1) is 9.43. The Kier molecular flexibility index (Phi) is 4.65. The normalized spacial score (nSPS) is 17.6. The number of aromatic nitrogens is 2. The molecule has 1 atom stereocenters. The molecule has 1 aliphatic rings. The van der Waals surface area contributed by atoms with Crippen molar-refractivity contribution in [2.45, 2.75) is 50.4 Å². The van der Waals surface area contributed by atoms with Crippen LogP contribution in [0.5, 0.6) is 0 Å². The maximum absolute atomic E-state index is 12.0. The van der Waals surface area contributed by atoms with Crippen molar-refractivity contribution in [1.82, 2.24) is 15.3 Å². The third kappa shape index (κ3) is 3.93. The second-order valence-corrected chi connectivity index (χ2v) is 6.41. The molecule has 1 N–H and O–H groups in total. The second-order valence-electron chi connectivity index (χ2n) is 5.46. The number of nitrogens with one attached hydrogen (secondary N) is 1. The Hall–Kier alpha value is -1.14. The molecule has 5 nitrogen and oxygen atoms in total. The molecule has 1 aromatic heterocycles. The molecule has 1 saturated carbocycles. The van der Waals surface area contributed by atoms with Crippen molar-refractivity contribution in [3.05, 3.63) is 17.5 Å². The van der Waals surface area contributed by atoms with Crippen molar-refractivity contribution in [2.24, 2.45) is 0 Å². The van der Waals surface area contributed by atoms with Gasteiger partial charge in [0.1, 0.15) is 5.54 Å². The van der Waals surface area contributed by atoms with Crippen molar-refractivity contribution < 1.29 is 9.53 Å². The first-order valence-electron chi connectivity index (χ1n) is 6.74. The Labute approximate surface area is 123 Å². The van der Waals surface area contributed by atoms with E-state index in [4.69, 9.17) is 4.74 Å². The van der Waals surface area contributed by atoms with Gasteiger partial charge in [-0.15, -0.1) is 0 Å². The molecule has 1 heterocycles.